The van der Waals surface area contributed by atoms with E-state index in [0.29, 0.717) is 23.2 Å². The van der Waals surface area contributed by atoms with Crippen LogP contribution in [0, 0.1) is 6.92 Å². The summed E-state index contributed by atoms with van der Waals surface area (Å²) in [6.07, 6.45) is 2.28. The molecule has 4 N–H and O–H groups in total. The number of anilines is 4. The molecule has 6 nitrogen and oxygen atoms in total. The molecule has 2 aromatic heterocycles. The van der Waals surface area contributed by atoms with Crippen LogP contribution in [0.15, 0.2) is 42.5 Å². The molecule has 138 valence electrons. The van der Waals surface area contributed by atoms with Gasteiger partial charge in [-0.15, -0.1) is 9.24 Å². The van der Waals surface area contributed by atoms with E-state index in [1.165, 1.54) is 5.56 Å². The molecule has 27 heavy (non-hydrogen) atoms. The smallest absolute Gasteiger partial charge is 0.182 e. The number of pyridine rings is 1. The average molecular weight is 378 g/mol. The van der Waals surface area contributed by atoms with Crippen molar-refractivity contribution in [3.8, 4) is 11.5 Å². The number of rotatable bonds is 5. The van der Waals surface area contributed by atoms with Gasteiger partial charge >= 0.3 is 0 Å². The van der Waals surface area contributed by atoms with Crippen LogP contribution in [-0.2, 0) is 0 Å². The fraction of sp³-hybridized carbons (Fsp3) is 0.250. The molecule has 1 unspecified atom stereocenters. The van der Waals surface area contributed by atoms with Gasteiger partial charge in [0, 0.05) is 17.3 Å². The van der Waals surface area contributed by atoms with E-state index < -0.39 is 0 Å². The molecule has 0 aliphatic heterocycles. The van der Waals surface area contributed by atoms with Gasteiger partial charge in [0.25, 0.3) is 0 Å². The van der Waals surface area contributed by atoms with Crippen molar-refractivity contribution in [1.29, 1.82) is 0 Å². The van der Waals surface area contributed by atoms with Gasteiger partial charge in [-0.1, -0.05) is 12.1 Å². The molecule has 1 aromatic carbocycles. The van der Waals surface area contributed by atoms with Crippen molar-refractivity contribution in [2.24, 2.45) is 0 Å². The molecule has 0 saturated heterocycles. The van der Waals surface area contributed by atoms with Crippen LogP contribution in [0.25, 0.3) is 11.5 Å². The Hall–Kier alpha value is -2.72. The molecule has 7 heteroatoms. The summed E-state index contributed by atoms with van der Waals surface area (Å²) in [5.41, 5.74) is 8.77. The molecular weight excluding hydrogens is 355 g/mol. The number of hydrogen-bond donors (Lipinski definition) is 3. The van der Waals surface area contributed by atoms with Crippen LogP contribution >= 0.6 is 9.24 Å². The molecule has 0 radical (unpaired) electrons. The average Bonchev–Trinajstić information content (AvgIpc) is 3.30. The second-order valence-electron chi connectivity index (χ2n) is 7.35. The van der Waals surface area contributed by atoms with Crippen LogP contribution in [0.5, 0.6) is 0 Å². The molecular formula is C20H23N6P. The van der Waals surface area contributed by atoms with Gasteiger partial charge < -0.3 is 16.4 Å². The Bertz CT molecular complexity index is 979. The summed E-state index contributed by atoms with van der Waals surface area (Å²) in [5, 5.41) is 8.02. The van der Waals surface area contributed by atoms with E-state index in [2.05, 4.69) is 66.9 Å². The van der Waals surface area contributed by atoms with Gasteiger partial charge in [-0.2, -0.15) is 0 Å². The fourth-order valence-electron chi connectivity index (χ4n) is 2.92. The Balaban J connectivity index is 1.73. The largest absolute Gasteiger partial charge is 0.384 e. The number of aromatic nitrogens is 3. The van der Waals surface area contributed by atoms with Gasteiger partial charge in [-0.05, 0) is 61.8 Å². The topological polar surface area (TPSA) is 88.8 Å². The van der Waals surface area contributed by atoms with Gasteiger partial charge in [0.2, 0.25) is 0 Å². The molecule has 0 amide bonds. The van der Waals surface area contributed by atoms with Crippen molar-refractivity contribution in [3.05, 3.63) is 48.0 Å². The quantitative estimate of drug-likeness (QED) is 0.588. The molecule has 1 aliphatic carbocycles. The van der Waals surface area contributed by atoms with E-state index in [9.17, 15) is 0 Å². The number of nitrogens with one attached hydrogen (secondary N) is 2. The van der Waals surface area contributed by atoms with Crippen LogP contribution in [0.4, 0.5) is 23.1 Å². The summed E-state index contributed by atoms with van der Waals surface area (Å²) < 4.78 is 0. The van der Waals surface area contributed by atoms with Crippen molar-refractivity contribution in [2.45, 2.75) is 32.2 Å². The zero-order valence-electron chi connectivity index (χ0n) is 15.5. The van der Waals surface area contributed by atoms with E-state index in [1.807, 2.05) is 18.2 Å². The maximum Gasteiger partial charge on any atom is 0.182 e. The zero-order valence-corrected chi connectivity index (χ0v) is 16.6. The Morgan fingerprint density at radius 1 is 1.04 bits per heavy atom. The van der Waals surface area contributed by atoms with Gasteiger partial charge in [0.05, 0.1) is 0 Å². The highest BCUT2D eigenvalue weighted by molar-refractivity contribution is 7.27. The van der Waals surface area contributed by atoms with Crippen LogP contribution < -0.4 is 21.7 Å². The summed E-state index contributed by atoms with van der Waals surface area (Å²) in [6, 6.07) is 13.7. The number of nitrogen functional groups attached to an aromatic ring is 1. The number of aryl methyl sites for hydroxylation is 1. The van der Waals surface area contributed by atoms with Gasteiger partial charge in [0.15, 0.2) is 5.82 Å². The van der Waals surface area contributed by atoms with E-state index in [4.69, 9.17) is 5.73 Å². The Kier molecular flexibility index (Phi) is 4.44. The third kappa shape index (κ3) is 4.34. The minimum atomic E-state index is 0.114. The molecule has 1 fully saturated rings. The molecule has 1 atom stereocenters. The monoisotopic (exact) mass is 378 g/mol. The lowest BCUT2D eigenvalue weighted by molar-refractivity contribution is 0.820. The van der Waals surface area contributed by atoms with Crippen LogP contribution in [0.1, 0.15) is 25.3 Å². The molecule has 0 spiro atoms. The normalized spacial score (nSPS) is 14.6. The first kappa shape index (κ1) is 17.7. The third-order valence-corrected chi connectivity index (χ3v) is 4.86. The number of hydrogen-bond acceptors (Lipinski definition) is 6. The first-order valence-electron chi connectivity index (χ1n) is 8.93. The Morgan fingerprint density at radius 3 is 2.52 bits per heavy atom. The molecule has 3 aromatic rings. The predicted octanol–water partition coefficient (Wildman–Crippen LogP) is 3.64. The predicted molar refractivity (Wildman–Crippen MR) is 115 cm³/mol. The maximum atomic E-state index is 5.84. The number of benzene rings is 1. The molecule has 1 aliphatic rings. The highest BCUT2D eigenvalue weighted by Crippen LogP contribution is 2.38. The fourth-order valence-corrected chi connectivity index (χ4v) is 3.36. The first-order chi connectivity index (χ1) is 12.9. The maximum absolute atomic E-state index is 5.84. The van der Waals surface area contributed by atoms with Gasteiger partial charge in [-0.3, -0.25) is 0 Å². The van der Waals surface area contributed by atoms with Crippen molar-refractivity contribution in [3.63, 3.8) is 0 Å². The summed E-state index contributed by atoms with van der Waals surface area (Å²) >= 11 is 0. The molecule has 4 rings (SSSR count). The Labute approximate surface area is 161 Å². The van der Waals surface area contributed by atoms with E-state index in [0.717, 1.165) is 29.7 Å². The zero-order chi connectivity index (χ0) is 19.0. The van der Waals surface area contributed by atoms with Crippen molar-refractivity contribution < 1.29 is 0 Å². The van der Waals surface area contributed by atoms with Crippen molar-refractivity contribution >= 4 is 37.7 Å². The summed E-state index contributed by atoms with van der Waals surface area (Å²) in [5.74, 6) is 2.48. The minimum Gasteiger partial charge on any atom is -0.384 e. The third-order valence-electron chi connectivity index (χ3n) is 4.53. The molecule has 0 bridgehead atoms. The first-order valence-corrected chi connectivity index (χ1v) is 9.51. The minimum absolute atomic E-state index is 0.114. The van der Waals surface area contributed by atoms with Crippen LogP contribution in [-0.4, -0.2) is 20.5 Å². The van der Waals surface area contributed by atoms with E-state index >= 15 is 0 Å². The highest BCUT2D eigenvalue weighted by atomic mass is 31.0. The second-order valence-corrected chi connectivity index (χ2v) is 8.02. The highest BCUT2D eigenvalue weighted by Gasteiger charge is 2.37. The van der Waals surface area contributed by atoms with E-state index in [1.54, 1.807) is 6.07 Å². The van der Waals surface area contributed by atoms with Crippen LogP contribution in [0.3, 0.4) is 0 Å². The standard InChI is InChI=1S/C20H23N6P/c1-12-8-13(10-14(27)9-12)22-17-11-18(26-20(2)6-7-20)25-19(24-17)15-4-3-5-16(21)23-15/h3-5,8-11H,6-7,27H2,1-2H3,(H2,21,23)(H2,22,24,25,26). The lowest BCUT2D eigenvalue weighted by Crippen LogP contribution is -2.17. The second kappa shape index (κ2) is 6.78. The lowest BCUT2D eigenvalue weighted by atomic mass is 10.2. The van der Waals surface area contributed by atoms with E-state index in [-0.39, 0.29) is 5.54 Å². The van der Waals surface area contributed by atoms with Crippen molar-refractivity contribution in [2.75, 3.05) is 16.4 Å². The summed E-state index contributed by atoms with van der Waals surface area (Å²) in [4.78, 5) is 13.7. The van der Waals surface area contributed by atoms with Crippen LogP contribution in [0.2, 0.25) is 0 Å². The Morgan fingerprint density at radius 2 is 1.81 bits per heavy atom. The SMILES string of the molecule is Cc1cc(P)cc(Nc2cc(NC3(C)CC3)nc(-c3cccc(N)n3)n2)c1. The summed E-state index contributed by atoms with van der Waals surface area (Å²) in [6.45, 7) is 4.27. The van der Waals surface area contributed by atoms with Gasteiger partial charge in [-0.25, -0.2) is 15.0 Å². The summed E-state index contributed by atoms with van der Waals surface area (Å²) in [7, 11) is 2.73. The number of nitrogens with two attached hydrogens (primary N) is 1. The molecule has 2 heterocycles. The molecule has 1 saturated carbocycles. The number of nitrogens with zero attached hydrogens (tertiary/aromatic N) is 3. The van der Waals surface area contributed by atoms with Crippen molar-refractivity contribution in [1.82, 2.24) is 15.0 Å². The van der Waals surface area contributed by atoms with Gasteiger partial charge in [0.1, 0.15) is 23.1 Å². The lowest BCUT2D eigenvalue weighted by Gasteiger charge is -2.15.